The quantitative estimate of drug-likeness (QED) is 0.507. The highest BCUT2D eigenvalue weighted by Crippen LogP contribution is 2.17. The number of carbonyl (C=O) groups excluding carboxylic acids is 2. The van der Waals surface area contributed by atoms with Gasteiger partial charge in [0.05, 0.1) is 12.9 Å². The van der Waals surface area contributed by atoms with Crippen LogP contribution in [0.15, 0.2) is 71.3 Å². The maximum atomic E-state index is 12.4. The largest absolute Gasteiger partial charge is 0.494 e. The summed E-state index contributed by atoms with van der Waals surface area (Å²) in [6.07, 6.45) is 1.62. The third-order valence-electron chi connectivity index (χ3n) is 4.50. The van der Waals surface area contributed by atoms with Crippen molar-refractivity contribution >= 4 is 23.2 Å². The van der Waals surface area contributed by atoms with Gasteiger partial charge in [-0.2, -0.15) is 0 Å². The molecule has 1 atom stereocenters. The maximum absolute atomic E-state index is 12.4. The van der Waals surface area contributed by atoms with Crippen molar-refractivity contribution in [3.8, 4) is 5.75 Å². The molecule has 2 aromatic carbocycles. The molecular formula is C23H26N3O4+. The number of rotatable bonds is 9. The second kappa shape index (κ2) is 10.3. The van der Waals surface area contributed by atoms with Crippen LogP contribution >= 0.6 is 0 Å². The minimum atomic E-state index is -0.224. The van der Waals surface area contributed by atoms with Crippen molar-refractivity contribution in [3.05, 3.63) is 78.3 Å². The highest BCUT2D eigenvalue weighted by atomic mass is 16.5. The zero-order valence-electron chi connectivity index (χ0n) is 17.1. The van der Waals surface area contributed by atoms with Crippen LogP contribution in [0.25, 0.3) is 0 Å². The van der Waals surface area contributed by atoms with Gasteiger partial charge in [-0.3, -0.25) is 9.59 Å². The van der Waals surface area contributed by atoms with E-state index in [-0.39, 0.29) is 24.4 Å². The number of ether oxygens (including phenoxy) is 1. The lowest BCUT2D eigenvalue weighted by atomic mass is 10.2. The van der Waals surface area contributed by atoms with Crippen LogP contribution in [-0.2, 0) is 4.79 Å². The van der Waals surface area contributed by atoms with Crippen LogP contribution in [0.2, 0.25) is 0 Å². The summed E-state index contributed by atoms with van der Waals surface area (Å²) in [6, 6.07) is 17.7. The van der Waals surface area contributed by atoms with Crippen LogP contribution in [0, 0.1) is 0 Å². The van der Waals surface area contributed by atoms with E-state index in [1.807, 2.05) is 43.4 Å². The molecule has 0 radical (unpaired) electrons. The Morgan fingerprint density at radius 3 is 2.30 bits per heavy atom. The van der Waals surface area contributed by atoms with Crippen LogP contribution in [0.1, 0.15) is 36.0 Å². The molecule has 0 saturated carbocycles. The van der Waals surface area contributed by atoms with Gasteiger partial charge in [-0.1, -0.05) is 0 Å². The van der Waals surface area contributed by atoms with E-state index in [1.54, 1.807) is 42.7 Å². The Labute approximate surface area is 175 Å². The van der Waals surface area contributed by atoms with Gasteiger partial charge >= 0.3 is 0 Å². The first kappa shape index (κ1) is 21.1. The van der Waals surface area contributed by atoms with Crippen LogP contribution in [0.4, 0.5) is 11.4 Å². The van der Waals surface area contributed by atoms with Crippen LogP contribution in [0.5, 0.6) is 5.75 Å². The van der Waals surface area contributed by atoms with Gasteiger partial charge in [0.25, 0.3) is 11.8 Å². The summed E-state index contributed by atoms with van der Waals surface area (Å²) in [4.78, 5) is 24.6. The summed E-state index contributed by atoms with van der Waals surface area (Å²) in [5, 5.41) is 7.56. The number of nitrogens with one attached hydrogen (secondary N) is 2. The third-order valence-corrected chi connectivity index (χ3v) is 4.50. The minimum Gasteiger partial charge on any atom is -0.494 e. The van der Waals surface area contributed by atoms with Crippen molar-refractivity contribution < 1.29 is 24.1 Å². The Bertz CT molecular complexity index is 951. The molecule has 0 spiro atoms. The molecule has 0 unspecified atom stereocenters. The van der Waals surface area contributed by atoms with Crippen molar-refractivity contribution in [2.45, 2.75) is 19.9 Å². The highest BCUT2D eigenvalue weighted by Gasteiger charge is 2.14. The first-order chi connectivity index (χ1) is 14.5. The predicted octanol–water partition coefficient (Wildman–Crippen LogP) is 3.19. The second-order valence-electron chi connectivity index (χ2n) is 6.78. The minimum absolute atomic E-state index is 0.0550. The standard InChI is InChI=1S/C23H25N3O4/c1-3-29-20-12-10-19(11-13-20)26-23(28)17-6-8-18(9-7-17)25-22(27)15-24-16(2)21-5-4-14-30-21/h4-14,16,24H,3,15H2,1-2H3,(H,25,27)(H,26,28)/p+1/t16-/m0/s1. The summed E-state index contributed by atoms with van der Waals surface area (Å²) in [5.41, 5.74) is 1.82. The van der Waals surface area contributed by atoms with Gasteiger partial charge in [-0.15, -0.1) is 0 Å². The fourth-order valence-corrected chi connectivity index (χ4v) is 2.87. The fourth-order valence-electron chi connectivity index (χ4n) is 2.87. The predicted molar refractivity (Wildman–Crippen MR) is 115 cm³/mol. The van der Waals surface area contributed by atoms with Gasteiger partial charge in [-0.05, 0) is 74.5 Å². The maximum Gasteiger partial charge on any atom is 0.279 e. The molecule has 7 heteroatoms. The summed E-state index contributed by atoms with van der Waals surface area (Å²) in [7, 11) is 0. The molecule has 1 aromatic heterocycles. The molecule has 0 aliphatic carbocycles. The Kier molecular flexibility index (Phi) is 7.24. The SMILES string of the molecule is CCOc1ccc(NC(=O)c2ccc(NC(=O)C[NH2+][C@@H](C)c3ccco3)cc2)cc1. The molecule has 0 bridgehead atoms. The molecule has 0 fully saturated rings. The van der Waals surface area contributed by atoms with E-state index in [0.29, 0.717) is 23.5 Å². The van der Waals surface area contributed by atoms with Crippen LogP contribution in [-0.4, -0.2) is 25.0 Å². The van der Waals surface area contributed by atoms with Gasteiger partial charge in [-0.25, -0.2) is 0 Å². The number of quaternary nitrogens is 1. The molecule has 156 valence electrons. The molecule has 2 amide bonds. The number of benzene rings is 2. The average Bonchev–Trinajstić information content (AvgIpc) is 3.29. The first-order valence-corrected chi connectivity index (χ1v) is 9.86. The summed E-state index contributed by atoms with van der Waals surface area (Å²) >= 11 is 0. The molecule has 1 heterocycles. The fraction of sp³-hybridized carbons (Fsp3) is 0.217. The number of furan rings is 1. The Hall–Kier alpha value is -3.58. The van der Waals surface area contributed by atoms with Gasteiger partial charge in [0.1, 0.15) is 11.8 Å². The third kappa shape index (κ3) is 5.96. The highest BCUT2D eigenvalue weighted by molar-refractivity contribution is 6.04. The van der Waals surface area contributed by atoms with Gasteiger partial charge in [0.15, 0.2) is 12.3 Å². The molecule has 7 nitrogen and oxygen atoms in total. The zero-order chi connectivity index (χ0) is 21.3. The molecule has 4 N–H and O–H groups in total. The number of amides is 2. The first-order valence-electron chi connectivity index (χ1n) is 9.86. The van der Waals surface area contributed by atoms with E-state index >= 15 is 0 Å². The molecule has 3 rings (SSSR count). The lowest BCUT2D eigenvalue weighted by Gasteiger charge is -2.10. The molecule has 30 heavy (non-hydrogen) atoms. The van der Waals surface area contributed by atoms with Gasteiger partial charge < -0.3 is 25.1 Å². The monoisotopic (exact) mass is 408 g/mol. The summed E-state index contributed by atoms with van der Waals surface area (Å²) in [5.74, 6) is 1.23. The zero-order valence-corrected chi connectivity index (χ0v) is 17.1. The van der Waals surface area contributed by atoms with E-state index < -0.39 is 0 Å². The topological polar surface area (TPSA) is 97.2 Å². The summed E-state index contributed by atoms with van der Waals surface area (Å²) in [6.45, 7) is 4.75. The van der Waals surface area contributed by atoms with E-state index in [4.69, 9.17) is 9.15 Å². The average molecular weight is 408 g/mol. The van der Waals surface area contributed by atoms with E-state index in [9.17, 15) is 9.59 Å². The van der Waals surface area contributed by atoms with Crippen molar-refractivity contribution in [2.24, 2.45) is 0 Å². The second-order valence-corrected chi connectivity index (χ2v) is 6.78. The Morgan fingerprint density at radius 2 is 1.67 bits per heavy atom. The number of carbonyl (C=O) groups is 2. The normalized spacial score (nSPS) is 11.5. The number of nitrogens with two attached hydrogens (primary N) is 1. The molecule has 0 aliphatic rings. The number of hydrogen-bond acceptors (Lipinski definition) is 4. The van der Waals surface area contributed by atoms with E-state index in [1.165, 1.54) is 0 Å². The molecule has 0 aliphatic heterocycles. The van der Waals surface area contributed by atoms with Gasteiger partial charge in [0, 0.05) is 16.9 Å². The molecular weight excluding hydrogens is 382 g/mol. The van der Waals surface area contributed by atoms with Crippen LogP contribution < -0.4 is 20.7 Å². The van der Waals surface area contributed by atoms with E-state index in [2.05, 4.69) is 10.6 Å². The number of anilines is 2. The van der Waals surface area contributed by atoms with Crippen molar-refractivity contribution in [1.29, 1.82) is 0 Å². The number of hydrogen-bond donors (Lipinski definition) is 3. The van der Waals surface area contributed by atoms with Crippen molar-refractivity contribution in [3.63, 3.8) is 0 Å². The Morgan fingerprint density at radius 1 is 1.00 bits per heavy atom. The van der Waals surface area contributed by atoms with Gasteiger partial charge in [0.2, 0.25) is 0 Å². The Balaban J connectivity index is 1.48. The summed E-state index contributed by atoms with van der Waals surface area (Å²) < 4.78 is 10.7. The van der Waals surface area contributed by atoms with E-state index in [0.717, 1.165) is 11.5 Å². The van der Waals surface area contributed by atoms with Crippen LogP contribution in [0.3, 0.4) is 0 Å². The van der Waals surface area contributed by atoms with Crippen molar-refractivity contribution in [2.75, 3.05) is 23.8 Å². The van der Waals surface area contributed by atoms with Crippen molar-refractivity contribution in [1.82, 2.24) is 0 Å². The molecule has 0 saturated heterocycles. The lowest BCUT2D eigenvalue weighted by molar-refractivity contribution is -0.684. The lowest BCUT2D eigenvalue weighted by Crippen LogP contribution is -2.86. The smallest absolute Gasteiger partial charge is 0.279 e. The molecule has 3 aromatic rings.